The van der Waals surface area contributed by atoms with Gasteiger partial charge in [0.1, 0.15) is 24.1 Å². The van der Waals surface area contributed by atoms with Crippen LogP contribution in [-0.2, 0) is 20.9 Å². The lowest BCUT2D eigenvalue weighted by molar-refractivity contribution is -0.129. The summed E-state index contributed by atoms with van der Waals surface area (Å²) in [6.07, 6.45) is -0.391. The fourth-order valence-electron chi connectivity index (χ4n) is 1.84. The third-order valence-corrected chi connectivity index (χ3v) is 3.84. The summed E-state index contributed by atoms with van der Waals surface area (Å²) in [5, 5.41) is 13.6. The predicted octanol–water partition coefficient (Wildman–Crippen LogP) is 1.33. The SMILES string of the molecule is CC(C)[C@](C)(NC(=O)OCc1ccccc1)C(=O)NC(=CO)C(N)=O. The maximum absolute atomic E-state index is 12.4. The highest BCUT2D eigenvalue weighted by atomic mass is 16.5. The predicted molar refractivity (Wildman–Crippen MR) is 91.1 cm³/mol. The minimum absolute atomic E-state index is 0.0472. The fraction of sp³-hybridized carbons (Fsp3) is 0.353. The first-order valence-electron chi connectivity index (χ1n) is 7.65. The van der Waals surface area contributed by atoms with Crippen molar-refractivity contribution in [3.63, 3.8) is 0 Å². The molecule has 3 amide bonds. The molecule has 1 aromatic carbocycles. The molecule has 0 aliphatic heterocycles. The smallest absolute Gasteiger partial charge is 0.408 e. The number of aliphatic hydroxyl groups excluding tert-OH is 1. The fourth-order valence-corrected chi connectivity index (χ4v) is 1.84. The van der Waals surface area contributed by atoms with E-state index >= 15 is 0 Å². The van der Waals surface area contributed by atoms with E-state index in [9.17, 15) is 14.4 Å². The Morgan fingerprint density at radius 3 is 2.36 bits per heavy atom. The molecule has 0 aliphatic carbocycles. The molecule has 0 radical (unpaired) electrons. The van der Waals surface area contributed by atoms with Gasteiger partial charge in [0.25, 0.3) is 5.91 Å². The molecule has 0 unspecified atom stereocenters. The van der Waals surface area contributed by atoms with E-state index in [-0.39, 0.29) is 12.5 Å². The minimum atomic E-state index is -1.39. The second-order valence-electron chi connectivity index (χ2n) is 5.90. The zero-order valence-corrected chi connectivity index (χ0v) is 14.4. The largest absolute Gasteiger partial charge is 0.513 e. The Hall–Kier alpha value is -3.03. The number of amides is 3. The maximum Gasteiger partial charge on any atom is 0.408 e. The quantitative estimate of drug-likeness (QED) is 0.436. The minimum Gasteiger partial charge on any atom is -0.513 e. The second kappa shape index (κ2) is 8.72. The van der Waals surface area contributed by atoms with Crippen LogP contribution in [0.1, 0.15) is 26.3 Å². The van der Waals surface area contributed by atoms with E-state index in [0.717, 1.165) is 5.56 Å². The van der Waals surface area contributed by atoms with E-state index in [1.54, 1.807) is 26.0 Å². The number of rotatable bonds is 7. The van der Waals surface area contributed by atoms with Crippen LogP contribution in [0.3, 0.4) is 0 Å². The first-order chi connectivity index (χ1) is 11.7. The lowest BCUT2D eigenvalue weighted by Crippen LogP contribution is -2.60. The van der Waals surface area contributed by atoms with Crippen LogP contribution in [0.4, 0.5) is 4.79 Å². The molecule has 25 heavy (non-hydrogen) atoms. The third-order valence-electron chi connectivity index (χ3n) is 3.84. The second-order valence-corrected chi connectivity index (χ2v) is 5.90. The Morgan fingerprint density at radius 1 is 1.28 bits per heavy atom. The molecular weight excluding hydrogens is 326 g/mol. The molecule has 0 bridgehead atoms. The number of primary amides is 1. The Labute approximate surface area is 146 Å². The van der Waals surface area contributed by atoms with Crippen LogP contribution in [0.2, 0.25) is 0 Å². The van der Waals surface area contributed by atoms with E-state index in [1.165, 1.54) is 6.92 Å². The lowest BCUT2D eigenvalue weighted by Gasteiger charge is -2.32. The van der Waals surface area contributed by atoms with E-state index in [0.29, 0.717) is 6.26 Å². The van der Waals surface area contributed by atoms with Crippen molar-refractivity contribution in [3.8, 4) is 0 Å². The Bertz CT molecular complexity index is 658. The van der Waals surface area contributed by atoms with E-state index in [2.05, 4.69) is 10.6 Å². The van der Waals surface area contributed by atoms with Crippen molar-refractivity contribution < 1.29 is 24.2 Å². The average Bonchev–Trinajstić information content (AvgIpc) is 2.57. The van der Waals surface area contributed by atoms with Gasteiger partial charge in [-0.1, -0.05) is 44.2 Å². The van der Waals surface area contributed by atoms with Gasteiger partial charge in [0.15, 0.2) is 0 Å². The molecule has 136 valence electrons. The van der Waals surface area contributed by atoms with Crippen molar-refractivity contribution in [3.05, 3.63) is 47.9 Å². The van der Waals surface area contributed by atoms with E-state index in [1.807, 2.05) is 18.2 Å². The van der Waals surface area contributed by atoms with Crippen molar-refractivity contribution in [2.75, 3.05) is 0 Å². The van der Waals surface area contributed by atoms with Gasteiger partial charge in [-0.2, -0.15) is 0 Å². The van der Waals surface area contributed by atoms with Crippen molar-refractivity contribution in [1.82, 2.24) is 10.6 Å². The van der Waals surface area contributed by atoms with Gasteiger partial charge in [-0.25, -0.2) is 4.79 Å². The molecule has 0 saturated heterocycles. The Balaban J connectivity index is 2.78. The van der Waals surface area contributed by atoms with Gasteiger partial charge >= 0.3 is 6.09 Å². The number of hydrogen-bond donors (Lipinski definition) is 4. The van der Waals surface area contributed by atoms with Crippen LogP contribution in [0.25, 0.3) is 0 Å². The van der Waals surface area contributed by atoms with Gasteiger partial charge in [-0.15, -0.1) is 0 Å². The van der Waals surface area contributed by atoms with E-state index < -0.39 is 29.1 Å². The summed E-state index contributed by atoms with van der Waals surface area (Å²) in [4.78, 5) is 35.6. The molecule has 8 heteroatoms. The van der Waals surface area contributed by atoms with Crippen LogP contribution in [0.15, 0.2) is 42.3 Å². The molecule has 0 heterocycles. The van der Waals surface area contributed by atoms with Crippen LogP contribution in [0.5, 0.6) is 0 Å². The highest BCUT2D eigenvalue weighted by Gasteiger charge is 2.39. The van der Waals surface area contributed by atoms with Gasteiger partial charge in [0, 0.05) is 0 Å². The standard InChI is InChI=1S/C17H23N3O5/c1-11(2)17(3,15(23)19-13(9-21)14(18)22)20-16(24)25-10-12-7-5-4-6-8-12/h4-9,11,21H,10H2,1-3H3,(H2,18,22)(H,19,23)(H,20,24)/t17-/m0/s1. The monoisotopic (exact) mass is 349 g/mol. The number of carbonyl (C=O) groups excluding carboxylic acids is 3. The highest BCUT2D eigenvalue weighted by molar-refractivity contribution is 5.99. The molecule has 1 rings (SSSR count). The van der Waals surface area contributed by atoms with Crippen molar-refractivity contribution >= 4 is 17.9 Å². The van der Waals surface area contributed by atoms with Gasteiger partial charge < -0.3 is 26.2 Å². The number of carbonyl (C=O) groups is 3. The number of hydrogen-bond acceptors (Lipinski definition) is 5. The first-order valence-corrected chi connectivity index (χ1v) is 7.65. The summed E-state index contributed by atoms with van der Waals surface area (Å²) in [6, 6.07) is 9.07. The summed E-state index contributed by atoms with van der Waals surface area (Å²) in [5.41, 5.74) is 3.97. The van der Waals surface area contributed by atoms with Crippen molar-refractivity contribution in [2.45, 2.75) is 32.9 Å². The molecule has 1 atom stereocenters. The molecule has 0 aromatic heterocycles. The lowest BCUT2D eigenvalue weighted by atomic mass is 9.87. The third kappa shape index (κ3) is 5.52. The Morgan fingerprint density at radius 2 is 1.88 bits per heavy atom. The molecule has 0 aliphatic rings. The van der Waals surface area contributed by atoms with Gasteiger partial charge in [-0.05, 0) is 18.4 Å². The highest BCUT2D eigenvalue weighted by Crippen LogP contribution is 2.18. The number of benzene rings is 1. The van der Waals surface area contributed by atoms with Crippen LogP contribution < -0.4 is 16.4 Å². The number of ether oxygens (including phenoxy) is 1. The summed E-state index contributed by atoms with van der Waals surface area (Å²) in [5.74, 6) is -2.06. The van der Waals surface area contributed by atoms with Gasteiger partial charge in [0.05, 0.1) is 0 Å². The molecule has 8 nitrogen and oxygen atoms in total. The number of nitrogens with two attached hydrogens (primary N) is 1. The van der Waals surface area contributed by atoms with Gasteiger partial charge in [-0.3, -0.25) is 9.59 Å². The summed E-state index contributed by atoms with van der Waals surface area (Å²) < 4.78 is 5.12. The summed E-state index contributed by atoms with van der Waals surface area (Å²) in [7, 11) is 0. The zero-order valence-electron chi connectivity index (χ0n) is 14.4. The summed E-state index contributed by atoms with van der Waals surface area (Å²) in [6.45, 7) is 4.95. The molecule has 0 spiro atoms. The molecular formula is C17H23N3O5. The van der Waals surface area contributed by atoms with Crippen LogP contribution in [-0.4, -0.2) is 28.6 Å². The van der Waals surface area contributed by atoms with Crippen molar-refractivity contribution in [2.24, 2.45) is 11.7 Å². The van der Waals surface area contributed by atoms with E-state index in [4.69, 9.17) is 15.6 Å². The number of alkyl carbamates (subject to hydrolysis) is 1. The molecule has 0 fully saturated rings. The average molecular weight is 349 g/mol. The molecule has 5 N–H and O–H groups in total. The zero-order chi connectivity index (χ0) is 19.0. The normalized spacial score (nSPS) is 13.7. The van der Waals surface area contributed by atoms with Crippen LogP contribution >= 0.6 is 0 Å². The van der Waals surface area contributed by atoms with Crippen molar-refractivity contribution in [1.29, 1.82) is 0 Å². The van der Waals surface area contributed by atoms with Crippen LogP contribution in [0, 0.1) is 5.92 Å². The summed E-state index contributed by atoms with van der Waals surface area (Å²) >= 11 is 0. The number of aliphatic hydroxyl groups is 1. The maximum atomic E-state index is 12.4. The molecule has 1 aromatic rings. The Kier molecular flexibility index (Phi) is 6.98. The first kappa shape index (κ1) is 20.0. The van der Waals surface area contributed by atoms with Gasteiger partial charge in [0.2, 0.25) is 5.91 Å². The molecule has 0 saturated carbocycles. The topological polar surface area (TPSA) is 131 Å². The number of nitrogens with one attached hydrogen (secondary N) is 2.